The van der Waals surface area contributed by atoms with E-state index >= 15 is 0 Å². The minimum atomic E-state index is -0.874. The topological polar surface area (TPSA) is 9.23 Å². The van der Waals surface area contributed by atoms with E-state index in [0.29, 0.717) is 0 Å². The van der Waals surface area contributed by atoms with Crippen molar-refractivity contribution in [2.75, 3.05) is 0 Å². The molecule has 4 aromatic carbocycles. The second-order valence-corrected chi connectivity index (χ2v) is 11.2. The number of ether oxygens (including phenoxy) is 1. The summed E-state index contributed by atoms with van der Waals surface area (Å²) in [5, 5.41) is 0. The van der Waals surface area contributed by atoms with Gasteiger partial charge >= 0.3 is 0 Å². The molecule has 0 amide bonds. The highest BCUT2D eigenvalue weighted by Gasteiger charge is 2.30. The van der Waals surface area contributed by atoms with Gasteiger partial charge in [0.1, 0.15) is 0 Å². The molecular formula is C32H30FOS+. The molecule has 0 spiro atoms. The van der Waals surface area contributed by atoms with Crippen LogP contribution in [-0.2, 0) is 10.9 Å². The maximum absolute atomic E-state index is 14.9. The Morgan fingerprint density at radius 3 is 1.80 bits per heavy atom. The van der Waals surface area contributed by atoms with Gasteiger partial charge in [0.2, 0.25) is 0 Å². The largest absolute Gasteiger partial charge is 0.472 e. The predicted octanol–water partition coefficient (Wildman–Crippen LogP) is 8.06. The van der Waals surface area contributed by atoms with Crippen LogP contribution in [0.25, 0.3) is 0 Å². The summed E-state index contributed by atoms with van der Waals surface area (Å²) < 4.78 is 21.1. The second kappa shape index (κ2) is 10.4. The molecule has 4 aromatic rings. The van der Waals surface area contributed by atoms with Crippen LogP contribution in [-0.4, -0.2) is 5.60 Å². The first-order chi connectivity index (χ1) is 16.7. The van der Waals surface area contributed by atoms with Crippen molar-refractivity contribution in [2.45, 2.75) is 54.9 Å². The van der Waals surface area contributed by atoms with E-state index in [2.05, 4.69) is 69.0 Å². The highest BCUT2D eigenvalue weighted by molar-refractivity contribution is 7.97. The summed E-state index contributed by atoms with van der Waals surface area (Å²) in [6.45, 7) is 9.96. The van der Waals surface area contributed by atoms with Crippen molar-refractivity contribution in [3.8, 4) is 17.6 Å². The summed E-state index contributed by atoms with van der Waals surface area (Å²) in [7, 11) is -0.386. The van der Waals surface area contributed by atoms with Gasteiger partial charge in [0.25, 0.3) is 0 Å². The van der Waals surface area contributed by atoms with Gasteiger partial charge in [-0.1, -0.05) is 65.9 Å². The third kappa shape index (κ3) is 5.96. The Morgan fingerprint density at radius 1 is 0.714 bits per heavy atom. The van der Waals surface area contributed by atoms with Crippen LogP contribution in [0.5, 0.6) is 5.75 Å². The van der Waals surface area contributed by atoms with E-state index in [0.717, 1.165) is 21.6 Å². The van der Waals surface area contributed by atoms with Crippen LogP contribution in [0.2, 0.25) is 0 Å². The SMILES string of the molecule is Cc1cc(C)c(C#CC(C)(C)Oc2cc([S+](c3ccccc3)c3ccccc3)ccc2F)c(C)c1. The quantitative estimate of drug-likeness (QED) is 0.207. The minimum Gasteiger partial charge on any atom is -0.472 e. The molecule has 0 aliphatic rings. The Labute approximate surface area is 211 Å². The van der Waals surface area contributed by atoms with E-state index < -0.39 is 11.4 Å². The van der Waals surface area contributed by atoms with Gasteiger partial charge in [-0.25, -0.2) is 4.39 Å². The molecule has 0 aromatic heterocycles. The lowest BCUT2D eigenvalue weighted by Gasteiger charge is -2.21. The molecule has 4 rings (SSSR count). The fourth-order valence-electron chi connectivity index (χ4n) is 4.10. The molecule has 35 heavy (non-hydrogen) atoms. The van der Waals surface area contributed by atoms with Crippen LogP contribution in [0.15, 0.2) is 106 Å². The van der Waals surface area contributed by atoms with Crippen molar-refractivity contribution in [1.82, 2.24) is 0 Å². The highest BCUT2D eigenvalue weighted by atomic mass is 32.2. The number of benzene rings is 4. The number of hydrogen-bond donors (Lipinski definition) is 0. The zero-order valence-electron chi connectivity index (χ0n) is 20.9. The Kier molecular flexibility index (Phi) is 7.34. The average molecular weight is 482 g/mol. The normalized spacial score (nSPS) is 11.2. The first-order valence-corrected chi connectivity index (χ1v) is 12.9. The zero-order chi connectivity index (χ0) is 25.0. The molecule has 3 heteroatoms. The fraction of sp³-hybridized carbons (Fsp3) is 0.188. The summed E-state index contributed by atoms with van der Waals surface area (Å²) in [5.74, 6) is 6.33. The second-order valence-electron chi connectivity index (χ2n) is 9.16. The molecule has 0 N–H and O–H groups in total. The summed E-state index contributed by atoms with van der Waals surface area (Å²) in [5.41, 5.74) is 3.60. The average Bonchev–Trinajstić information content (AvgIpc) is 2.82. The molecule has 0 saturated heterocycles. The van der Waals surface area contributed by atoms with Crippen molar-refractivity contribution in [3.63, 3.8) is 0 Å². The molecule has 0 aliphatic heterocycles. The Balaban J connectivity index is 1.69. The van der Waals surface area contributed by atoms with Crippen molar-refractivity contribution >= 4 is 10.9 Å². The molecule has 0 radical (unpaired) electrons. The molecule has 0 aliphatic carbocycles. The molecule has 0 bridgehead atoms. The molecule has 0 fully saturated rings. The van der Waals surface area contributed by atoms with E-state index in [-0.39, 0.29) is 16.6 Å². The van der Waals surface area contributed by atoms with Gasteiger partial charge in [0.05, 0.1) is 10.9 Å². The third-order valence-electron chi connectivity index (χ3n) is 5.63. The maximum Gasteiger partial charge on any atom is 0.170 e. The van der Waals surface area contributed by atoms with Crippen molar-refractivity contribution < 1.29 is 9.13 Å². The number of hydrogen-bond acceptors (Lipinski definition) is 1. The van der Waals surface area contributed by atoms with Crippen molar-refractivity contribution in [3.05, 3.63) is 119 Å². The molecule has 0 heterocycles. The first-order valence-electron chi connectivity index (χ1n) is 11.7. The summed E-state index contributed by atoms with van der Waals surface area (Å²) in [6, 6.07) is 30.0. The predicted molar refractivity (Wildman–Crippen MR) is 144 cm³/mol. The smallest absolute Gasteiger partial charge is 0.170 e. The van der Waals surface area contributed by atoms with Crippen LogP contribution in [0.1, 0.15) is 36.1 Å². The fourth-order valence-corrected chi connectivity index (χ4v) is 6.21. The Hall–Kier alpha value is -3.48. The van der Waals surface area contributed by atoms with E-state index in [4.69, 9.17) is 4.74 Å². The molecular weight excluding hydrogens is 451 g/mol. The molecule has 0 atom stereocenters. The molecule has 0 unspecified atom stereocenters. The summed E-state index contributed by atoms with van der Waals surface area (Å²) in [6.07, 6.45) is 0. The van der Waals surface area contributed by atoms with Crippen molar-refractivity contribution in [1.29, 1.82) is 0 Å². The van der Waals surface area contributed by atoms with Crippen LogP contribution in [0, 0.1) is 38.4 Å². The molecule has 176 valence electrons. The third-order valence-corrected chi connectivity index (χ3v) is 7.84. The Morgan fingerprint density at radius 2 is 1.26 bits per heavy atom. The van der Waals surface area contributed by atoms with E-state index in [1.165, 1.54) is 21.4 Å². The van der Waals surface area contributed by atoms with Gasteiger partial charge in [-0.2, -0.15) is 0 Å². The monoisotopic (exact) mass is 481 g/mol. The summed E-state index contributed by atoms with van der Waals surface area (Å²) in [4.78, 5) is 3.33. The minimum absolute atomic E-state index is 0.212. The van der Waals surface area contributed by atoms with E-state index in [1.54, 1.807) is 0 Å². The van der Waals surface area contributed by atoms with Gasteiger partial charge in [-0.3, -0.25) is 0 Å². The van der Waals surface area contributed by atoms with Crippen LogP contribution in [0.4, 0.5) is 4.39 Å². The number of halogens is 1. The van der Waals surface area contributed by atoms with E-state index in [1.807, 2.05) is 62.4 Å². The van der Waals surface area contributed by atoms with Gasteiger partial charge < -0.3 is 4.74 Å². The highest BCUT2D eigenvalue weighted by Crippen LogP contribution is 2.34. The zero-order valence-corrected chi connectivity index (χ0v) is 21.7. The van der Waals surface area contributed by atoms with Gasteiger partial charge in [-0.05, 0) is 82.1 Å². The lowest BCUT2D eigenvalue weighted by molar-refractivity contribution is 0.164. The van der Waals surface area contributed by atoms with Crippen LogP contribution in [0.3, 0.4) is 0 Å². The van der Waals surface area contributed by atoms with Crippen LogP contribution < -0.4 is 4.74 Å². The van der Waals surface area contributed by atoms with Gasteiger partial charge in [0, 0.05) is 11.6 Å². The standard InChI is InChI=1S/C32H30FOS/c1-23-20-24(2)29(25(3)21-23)18-19-32(4,5)34-31-22-28(16-17-30(31)33)35(26-12-8-6-9-13-26)27-14-10-7-11-15-27/h6-17,20-22H,1-5H3/q+1. The first kappa shape index (κ1) is 24.6. The maximum atomic E-state index is 14.9. The van der Waals surface area contributed by atoms with Gasteiger partial charge in [0.15, 0.2) is 31.9 Å². The van der Waals surface area contributed by atoms with Crippen LogP contribution >= 0.6 is 0 Å². The summed E-state index contributed by atoms with van der Waals surface area (Å²) >= 11 is 0. The van der Waals surface area contributed by atoms with E-state index in [9.17, 15) is 4.39 Å². The van der Waals surface area contributed by atoms with Crippen molar-refractivity contribution in [2.24, 2.45) is 0 Å². The molecule has 1 nitrogen and oxygen atoms in total. The number of rotatable bonds is 5. The lowest BCUT2D eigenvalue weighted by atomic mass is 9.99. The van der Waals surface area contributed by atoms with Gasteiger partial charge in [-0.15, -0.1) is 0 Å². The Bertz CT molecular complexity index is 1320. The lowest BCUT2D eigenvalue weighted by Crippen LogP contribution is -2.26. The molecule has 0 saturated carbocycles. The number of aryl methyl sites for hydroxylation is 3.